The number of carbonyl (C=O) groups is 1. The van der Waals surface area contributed by atoms with Crippen molar-refractivity contribution in [2.75, 3.05) is 13.1 Å². The molecule has 1 aliphatic carbocycles. The molecule has 0 atom stereocenters. The number of likely N-dealkylation sites (tertiary alicyclic amines) is 1. The molecule has 2 aromatic carbocycles. The Kier molecular flexibility index (Phi) is 5.35. The van der Waals surface area contributed by atoms with Gasteiger partial charge in [-0.3, -0.25) is 9.69 Å². The molecule has 1 aliphatic heterocycles. The second kappa shape index (κ2) is 7.89. The summed E-state index contributed by atoms with van der Waals surface area (Å²) in [7, 11) is 0. The molecule has 1 saturated heterocycles. The highest BCUT2D eigenvalue weighted by molar-refractivity contribution is 5.88. The Morgan fingerprint density at radius 3 is 2.63 bits per heavy atom. The van der Waals surface area contributed by atoms with Gasteiger partial charge >= 0.3 is 5.97 Å². The molecule has 144 valence electrons. The van der Waals surface area contributed by atoms with Gasteiger partial charge in [0.15, 0.2) is 0 Å². The highest BCUT2D eigenvalue weighted by atomic mass is 16.5. The molecule has 1 heterocycles. The van der Waals surface area contributed by atoms with Gasteiger partial charge in [0, 0.05) is 25.0 Å². The fourth-order valence-corrected chi connectivity index (χ4v) is 4.46. The van der Waals surface area contributed by atoms with Gasteiger partial charge in [0.05, 0.1) is 12.0 Å². The Bertz CT molecular complexity index is 804. The van der Waals surface area contributed by atoms with Crippen molar-refractivity contribution >= 4 is 16.7 Å². The van der Waals surface area contributed by atoms with E-state index in [1.807, 2.05) is 0 Å². The van der Waals surface area contributed by atoms with E-state index in [-0.39, 0.29) is 5.92 Å². The van der Waals surface area contributed by atoms with Crippen LogP contribution in [0.1, 0.15) is 44.6 Å². The minimum Gasteiger partial charge on any atom is -0.490 e. The van der Waals surface area contributed by atoms with E-state index in [9.17, 15) is 4.79 Å². The van der Waals surface area contributed by atoms with E-state index in [0.29, 0.717) is 19.2 Å². The third-order valence-electron chi connectivity index (χ3n) is 6.28. The second-order valence-corrected chi connectivity index (χ2v) is 8.21. The first-order valence-corrected chi connectivity index (χ1v) is 10.3. The highest BCUT2D eigenvalue weighted by Crippen LogP contribution is 2.33. The zero-order valence-electron chi connectivity index (χ0n) is 16.1. The van der Waals surface area contributed by atoms with Crippen molar-refractivity contribution in [2.24, 2.45) is 11.8 Å². The lowest BCUT2D eigenvalue weighted by molar-refractivity contribution is -0.147. The molecule has 2 aromatic rings. The van der Waals surface area contributed by atoms with Gasteiger partial charge in [-0.1, -0.05) is 37.6 Å². The van der Waals surface area contributed by atoms with Crippen LogP contribution in [-0.2, 0) is 11.3 Å². The van der Waals surface area contributed by atoms with Crippen molar-refractivity contribution in [3.05, 3.63) is 42.0 Å². The fourth-order valence-electron chi connectivity index (χ4n) is 4.46. The quantitative estimate of drug-likeness (QED) is 0.804. The molecular weight excluding hydrogens is 338 g/mol. The molecule has 2 aliphatic rings. The van der Waals surface area contributed by atoms with E-state index in [1.54, 1.807) is 0 Å². The number of hydrogen-bond acceptors (Lipinski definition) is 3. The van der Waals surface area contributed by atoms with Crippen molar-refractivity contribution < 1.29 is 14.6 Å². The van der Waals surface area contributed by atoms with E-state index in [0.717, 1.165) is 31.1 Å². The molecule has 27 heavy (non-hydrogen) atoms. The van der Waals surface area contributed by atoms with Crippen LogP contribution in [0.5, 0.6) is 5.75 Å². The van der Waals surface area contributed by atoms with Crippen LogP contribution in [0.4, 0.5) is 0 Å². The van der Waals surface area contributed by atoms with Crippen LogP contribution < -0.4 is 4.74 Å². The molecule has 0 radical (unpaired) electrons. The molecule has 0 amide bonds. The molecule has 0 unspecified atom stereocenters. The van der Waals surface area contributed by atoms with Crippen LogP contribution in [-0.4, -0.2) is 35.2 Å². The van der Waals surface area contributed by atoms with Crippen LogP contribution in [0.15, 0.2) is 36.4 Å². The molecule has 4 heteroatoms. The summed E-state index contributed by atoms with van der Waals surface area (Å²) in [5.41, 5.74) is 1.23. The summed E-state index contributed by atoms with van der Waals surface area (Å²) < 4.78 is 6.38. The number of aliphatic carboxylic acids is 1. The molecule has 4 rings (SSSR count). The van der Waals surface area contributed by atoms with Gasteiger partial charge in [-0.05, 0) is 54.7 Å². The van der Waals surface area contributed by atoms with Crippen molar-refractivity contribution in [1.82, 2.24) is 4.90 Å². The first-order valence-electron chi connectivity index (χ1n) is 10.3. The van der Waals surface area contributed by atoms with Crippen LogP contribution in [0.25, 0.3) is 10.8 Å². The Labute approximate surface area is 161 Å². The molecule has 1 N–H and O–H groups in total. The molecule has 0 aromatic heterocycles. The largest absolute Gasteiger partial charge is 0.490 e. The third kappa shape index (κ3) is 4.11. The first kappa shape index (κ1) is 18.3. The van der Waals surface area contributed by atoms with Crippen LogP contribution in [0.2, 0.25) is 0 Å². The molecule has 1 saturated carbocycles. The summed E-state index contributed by atoms with van der Waals surface area (Å²) in [5.74, 6) is 0.990. The number of hydrogen-bond donors (Lipinski definition) is 1. The van der Waals surface area contributed by atoms with Crippen LogP contribution in [0.3, 0.4) is 0 Å². The lowest BCUT2D eigenvalue weighted by atomic mass is 9.86. The second-order valence-electron chi connectivity index (χ2n) is 8.21. The minimum atomic E-state index is -0.681. The topological polar surface area (TPSA) is 49.8 Å². The maximum atomic E-state index is 10.9. The third-order valence-corrected chi connectivity index (χ3v) is 6.28. The summed E-state index contributed by atoms with van der Waals surface area (Å²) in [6.07, 6.45) is 6.51. The summed E-state index contributed by atoms with van der Waals surface area (Å²) in [4.78, 5) is 13.1. The van der Waals surface area contributed by atoms with Crippen LogP contribution >= 0.6 is 0 Å². The average molecular weight is 367 g/mol. The maximum Gasteiger partial charge on any atom is 0.309 e. The zero-order valence-corrected chi connectivity index (χ0v) is 16.1. The monoisotopic (exact) mass is 367 g/mol. The standard InChI is InChI=1S/C23H29NO3/c1-2-16-6-9-20(10-7-16)27-22-5-3-4-18-12-17(8-11-21(18)22)13-24-14-19(15-24)23(25)26/h3-5,8,11-12,16,19-20H,2,6-7,9-10,13-15H2,1H3,(H,25,26). The number of nitrogens with zero attached hydrogens (tertiary/aromatic N) is 1. The lowest BCUT2D eigenvalue weighted by Crippen LogP contribution is -2.49. The number of carboxylic acids is 1. The van der Waals surface area contributed by atoms with Gasteiger partial charge in [0.1, 0.15) is 5.75 Å². The normalized spacial score (nSPS) is 23.9. The Morgan fingerprint density at radius 1 is 1.15 bits per heavy atom. The molecule has 4 nitrogen and oxygen atoms in total. The Balaban J connectivity index is 1.42. The van der Waals surface area contributed by atoms with E-state index in [1.165, 1.54) is 35.6 Å². The summed E-state index contributed by atoms with van der Waals surface area (Å²) in [5, 5.41) is 11.4. The summed E-state index contributed by atoms with van der Waals surface area (Å²) >= 11 is 0. The highest BCUT2D eigenvalue weighted by Gasteiger charge is 2.32. The van der Waals surface area contributed by atoms with Crippen molar-refractivity contribution in [1.29, 1.82) is 0 Å². The van der Waals surface area contributed by atoms with E-state index in [4.69, 9.17) is 9.84 Å². The van der Waals surface area contributed by atoms with Crippen molar-refractivity contribution in [2.45, 2.75) is 51.7 Å². The average Bonchev–Trinajstić information content (AvgIpc) is 2.64. The van der Waals surface area contributed by atoms with Gasteiger partial charge in [-0.25, -0.2) is 0 Å². The van der Waals surface area contributed by atoms with Crippen molar-refractivity contribution in [3.8, 4) is 5.75 Å². The summed E-state index contributed by atoms with van der Waals surface area (Å²) in [6, 6.07) is 12.8. The maximum absolute atomic E-state index is 10.9. The number of benzene rings is 2. The first-order chi connectivity index (χ1) is 13.1. The number of carboxylic acid groups (broad SMARTS) is 1. The smallest absolute Gasteiger partial charge is 0.309 e. The van der Waals surface area contributed by atoms with E-state index >= 15 is 0 Å². The van der Waals surface area contributed by atoms with Crippen LogP contribution in [0, 0.1) is 11.8 Å². The van der Waals surface area contributed by atoms with Gasteiger partial charge < -0.3 is 9.84 Å². The predicted molar refractivity (Wildman–Crippen MR) is 107 cm³/mol. The Hall–Kier alpha value is -2.07. The van der Waals surface area contributed by atoms with E-state index in [2.05, 4.69) is 48.2 Å². The zero-order chi connectivity index (χ0) is 18.8. The fraction of sp³-hybridized carbons (Fsp3) is 0.522. The number of ether oxygens (including phenoxy) is 1. The van der Waals surface area contributed by atoms with Gasteiger partial charge in [0.2, 0.25) is 0 Å². The molecule has 0 spiro atoms. The van der Waals surface area contributed by atoms with Gasteiger partial charge in [-0.15, -0.1) is 0 Å². The SMILES string of the molecule is CCC1CCC(Oc2cccc3cc(CN4CC(C(=O)O)C4)ccc23)CC1. The lowest BCUT2D eigenvalue weighted by Gasteiger charge is -2.36. The van der Waals surface area contributed by atoms with Gasteiger partial charge in [-0.2, -0.15) is 0 Å². The predicted octanol–water partition coefficient (Wildman–Crippen LogP) is 4.70. The molecular formula is C23H29NO3. The minimum absolute atomic E-state index is 0.201. The summed E-state index contributed by atoms with van der Waals surface area (Å²) in [6.45, 7) is 4.40. The molecule has 2 fully saturated rings. The molecule has 0 bridgehead atoms. The van der Waals surface area contributed by atoms with Gasteiger partial charge in [0.25, 0.3) is 0 Å². The number of rotatable bonds is 6. The Morgan fingerprint density at radius 2 is 1.93 bits per heavy atom. The van der Waals surface area contributed by atoms with E-state index < -0.39 is 5.97 Å². The van der Waals surface area contributed by atoms with Crippen molar-refractivity contribution in [3.63, 3.8) is 0 Å². The number of fused-ring (bicyclic) bond motifs is 1.